The Morgan fingerprint density at radius 3 is 2.41 bits per heavy atom. The fourth-order valence-electron chi connectivity index (χ4n) is 3.19. The molecule has 0 amide bonds. The summed E-state index contributed by atoms with van der Waals surface area (Å²) in [5.41, 5.74) is 0. The number of nitrogens with zero attached hydrogens (tertiary/aromatic N) is 1. The highest BCUT2D eigenvalue weighted by Crippen LogP contribution is 2.49. The van der Waals surface area contributed by atoms with Crippen molar-refractivity contribution >= 4 is 5.96 Å². The first-order valence-electron chi connectivity index (χ1n) is 9.46. The topological polar surface area (TPSA) is 45.7 Å². The molecule has 0 aromatic rings. The number of hydrogen-bond acceptors (Lipinski definition) is 2. The van der Waals surface area contributed by atoms with Crippen LogP contribution >= 0.6 is 0 Å². The second-order valence-electron chi connectivity index (χ2n) is 7.36. The van der Waals surface area contributed by atoms with Crippen LogP contribution in [0.5, 0.6) is 0 Å². The summed E-state index contributed by atoms with van der Waals surface area (Å²) in [6.45, 7) is 6.88. The summed E-state index contributed by atoms with van der Waals surface area (Å²) in [6, 6.07) is 0. The highest BCUT2D eigenvalue weighted by Gasteiger charge is 2.41. The Balaban J connectivity index is 1.31. The SMILES string of the molecule is CCNC(=NCC(C1CC1)C1CC1)NCCCOCC1CC1. The molecule has 0 heterocycles. The van der Waals surface area contributed by atoms with Gasteiger partial charge in [-0.3, -0.25) is 4.99 Å². The van der Waals surface area contributed by atoms with Crippen molar-refractivity contribution in [3.8, 4) is 0 Å². The highest BCUT2D eigenvalue weighted by atomic mass is 16.5. The van der Waals surface area contributed by atoms with Gasteiger partial charge in [0.05, 0.1) is 0 Å². The molecule has 0 radical (unpaired) electrons. The van der Waals surface area contributed by atoms with Crippen molar-refractivity contribution in [2.75, 3.05) is 32.8 Å². The molecule has 3 aliphatic rings. The summed E-state index contributed by atoms with van der Waals surface area (Å²) >= 11 is 0. The minimum Gasteiger partial charge on any atom is -0.381 e. The molecule has 126 valence electrons. The maximum absolute atomic E-state index is 5.68. The van der Waals surface area contributed by atoms with Gasteiger partial charge in [0.25, 0.3) is 0 Å². The van der Waals surface area contributed by atoms with E-state index in [9.17, 15) is 0 Å². The first-order chi connectivity index (χ1) is 10.9. The van der Waals surface area contributed by atoms with Crippen LogP contribution in [0.4, 0.5) is 0 Å². The Bertz CT molecular complexity index is 347. The van der Waals surface area contributed by atoms with Gasteiger partial charge in [-0.1, -0.05) is 0 Å². The van der Waals surface area contributed by atoms with Gasteiger partial charge in [0.15, 0.2) is 5.96 Å². The van der Waals surface area contributed by atoms with Crippen LogP contribution in [-0.4, -0.2) is 38.8 Å². The number of hydrogen-bond donors (Lipinski definition) is 2. The van der Waals surface area contributed by atoms with Gasteiger partial charge in [-0.25, -0.2) is 0 Å². The maximum atomic E-state index is 5.68. The third-order valence-electron chi connectivity index (χ3n) is 5.07. The fourth-order valence-corrected chi connectivity index (χ4v) is 3.19. The van der Waals surface area contributed by atoms with Gasteiger partial charge in [-0.05, 0) is 75.5 Å². The lowest BCUT2D eigenvalue weighted by Gasteiger charge is -2.15. The molecule has 4 nitrogen and oxygen atoms in total. The molecule has 22 heavy (non-hydrogen) atoms. The van der Waals surface area contributed by atoms with Crippen LogP contribution in [0.1, 0.15) is 51.9 Å². The van der Waals surface area contributed by atoms with Crippen LogP contribution in [0.2, 0.25) is 0 Å². The molecular weight excluding hydrogens is 274 g/mol. The predicted molar refractivity (Wildman–Crippen MR) is 91.1 cm³/mol. The van der Waals surface area contributed by atoms with Gasteiger partial charge in [-0.15, -0.1) is 0 Å². The van der Waals surface area contributed by atoms with E-state index in [1.54, 1.807) is 0 Å². The lowest BCUT2D eigenvalue weighted by molar-refractivity contribution is 0.123. The zero-order chi connectivity index (χ0) is 15.2. The van der Waals surface area contributed by atoms with Gasteiger partial charge < -0.3 is 15.4 Å². The van der Waals surface area contributed by atoms with E-state index < -0.39 is 0 Å². The van der Waals surface area contributed by atoms with Crippen molar-refractivity contribution in [3.05, 3.63) is 0 Å². The van der Waals surface area contributed by atoms with Crippen LogP contribution in [0, 0.1) is 23.7 Å². The molecule has 3 rings (SSSR count). The van der Waals surface area contributed by atoms with E-state index in [0.717, 1.165) is 68.9 Å². The first kappa shape index (κ1) is 16.1. The molecule has 0 bridgehead atoms. The molecule has 0 unspecified atom stereocenters. The predicted octanol–water partition coefficient (Wildman–Crippen LogP) is 2.79. The average Bonchev–Trinajstić information content (AvgIpc) is 3.39. The monoisotopic (exact) mass is 307 g/mol. The fraction of sp³-hybridized carbons (Fsp3) is 0.944. The van der Waals surface area contributed by atoms with E-state index in [1.807, 2.05) is 0 Å². The van der Waals surface area contributed by atoms with Crippen molar-refractivity contribution in [1.29, 1.82) is 0 Å². The van der Waals surface area contributed by atoms with Crippen molar-refractivity contribution < 1.29 is 4.74 Å². The van der Waals surface area contributed by atoms with Gasteiger partial charge in [0.2, 0.25) is 0 Å². The lowest BCUT2D eigenvalue weighted by Crippen LogP contribution is -2.38. The van der Waals surface area contributed by atoms with Gasteiger partial charge in [0, 0.05) is 32.8 Å². The standard InChI is InChI=1S/C18H33N3O/c1-2-19-18(20-10-3-11-22-13-14-4-5-14)21-12-17(15-6-7-15)16-8-9-16/h14-17H,2-13H2,1H3,(H2,19,20,21). The van der Waals surface area contributed by atoms with E-state index in [0.29, 0.717) is 0 Å². The maximum Gasteiger partial charge on any atom is 0.191 e. The minimum atomic E-state index is 0.859. The van der Waals surface area contributed by atoms with Crippen LogP contribution in [0.15, 0.2) is 4.99 Å². The van der Waals surface area contributed by atoms with Crippen LogP contribution in [-0.2, 0) is 4.74 Å². The third kappa shape index (κ3) is 5.79. The van der Waals surface area contributed by atoms with E-state index in [2.05, 4.69) is 17.6 Å². The zero-order valence-corrected chi connectivity index (χ0v) is 14.2. The number of aliphatic imine (C=N–C) groups is 1. The van der Waals surface area contributed by atoms with Gasteiger partial charge in [-0.2, -0.15) is 0 Å². The second kappa shape index (κ2) is 8.19. The second-order valence-corrected chi connectivity index (χ2v) is 7.36. The van der Waals surface area contributed by atoms with Crippen molar-refractivity contribution in [1.82, 2.24) is 10.6 Å². The summed E-state index contributed by atoms with van der Waals surface area (Å²) in [4.78, 5) is 4.85. The van der Waals surface area contributed by atoms with Crippen LogP contribution in [0.3, 0.4) is 0 Å². The summed E-state index contributed by atoms with van der Waals surface area (Å²) < 4.78 is 5.68. The lowest BCUT2D eigenvalue weighted by atomic mass is 9.98. The molecule has 3 fully saturated rings. The smallest absolute Gasteiger partial charge is 0.191 e. The van der Waals surface area contributed by atoms with Crippen molar-refractivity contribution in [2.24, 2.45) is 28.7 Å². The van der Waals surface area contributed by atoms with E-state index >= 15 is 0 Å². The summed E-state index contributed by atoms with van der Waals surface area (Å²) in [7, 11) is 0. The number of nitrogens with one attached hydrogen (secondary N) is 2. The zero-order valence-electron chi connectivity index (χ0n) is 14.2. The first-order valence-corrected chi connectivity index (χ1v) is 9.46. The Morgan fingerprint density at radius 2 is 1.82 bits per heavy atom. The van der Waals surface area contributed by atoms with Crippen molar-refractivity contribution in [3.63, 3.8) is 0 Å². The van der Waals surface area contributed by atoms with E-state index in [-0.39, 0.29) is 0 Å². The van der Waals surface area contributed by atoms with Gasteiger partial charge >= 0.3 is 0 Å². The normalized spacial score (nSPS) is 22.2. The van der Waals surface area contributed by atoms with Crippen LogP contribution < -0.4 is 10.6 Å². The Labute approximate surface area is 135 Å². The Hall–Kier alpha value is -0.770. The number of guanidine groups is 1. The molecule has 2 N–H and O–H groups in total. The molecular formula is C18H33N3O. The Kier molecular flexibility index (Phi) is 5.99. The minimum absolute atomic E-state index is 0.859. The molecule has 3 aliphatic carbocycles. The molecule has 4 heteroatoms. The van der Waals surface area contributed by atoms with E-state index in [4.69, 9.17) is 9.73 Å². The van der Waals surface area contributed by atoms with Crippen molar-refractivity contribution in [2.45, 2.75) is 51.9 Å². The van der Waals surface area contributed by atoms with Gasteiger partial charge in [0.1, 0.15) is 0 Å². The summed E-state index contributed by atoms with van der Waals surface area (Å²) in [5.74, 6) is 4.69. The largest absolute Gasteiger partial charge is 0.381 e. The Morgan fingerprint density at radius 1 is 1.09 bits per heavy atom. The molecule has 0 aromatic carbocycles. The highest BCUT2D eigenvalue weighted by molar-refractivity contribution is 5.79. The number of rotatable bonds is 11. The molecule has 0 atom stereocenters. The van der Waals surface area contributed by atoms with E-state index in [1.165, 1.54) is 38.5 Å². The third-order valence-corrected chi connectivity index (χ3v) is 5.07. The number of ether oxygens (including phenoxy) is 1. The average molecular weight is 307 g/mol. The van der Waals surface area contributed by atoms with Crippen LogP contribution in [0.25, 0.3) is 0 Å². The molecule has 3 saturated carbocycles. The molecule has 0 aliphatic heterocycles. The summed E-state index contributed by atoms with van der Waals surface area (Å²) in [6.07, 6.45) is 9.58. The quantitative estimate of drug-likeness (QED) is 0.350. The molecule has 0 spiro atoms. The molecule has 0 saturated heterocycles. The summed E-state index contributed by atoms with van der Waals surface area (Å²) in [5, 5.41) is 6.83. The molecule has 0 aromatic heterocycles.